The molecule has 1 fully saturated rings. The summed E-state index contributed by atoms with van der Waals surface area (Å²) in [5, 5.41) is 2.96. The minimum absolute atomic E-state index is 0.123. The molecule has 1 aliphatic rings. The topological polar surface area (TPSA) is 41.6 Å². The van der Waals surface area contributed by atoms with Crippen molar-refractivity contribution in [2.24, 2.45) is 0 Å². The van der Waals surface area contributed by atoms with Crippen molar-refractivity contribution in [3.63, 3.8) is 0 Å². The smallest absolute Gasteiger partial charge is 0.407 e. The van der Waals surface area contributed by atoms with Crippen molar-refractivity contribution in [1.29, 1.82) is 0 Å². The quantitative estimate of drug-likeness (QED) is 0.872. The van der Waals surface area contributed by atoms with Crippen LogP contribution >= 0.6 is 0 Å². The van der Waals surface area contributed by atoms with Gasteiger partial charge in [0.2, 0.25) is 0 Å². The molecule has 5 heteroatoms. The van der Waals surface area contributed by atoms with Crippen LogP contribution in [0.15, 0.2) is 54.6 Å². The van der Waals surface area contributed by atoms with Gasteiger partial charge >= 0.3 is 6.09 Å². The number of benzene rings is 2. The van der Waals surface area contributed by atoms with Crippen LogP contribution in [-0.2, 0) is 11.3 Å². The number of rotatable bonds is 4. The number of hydrogen-bond donors (Lipinski definition) is 1. The Balaban J connectivity index is 1.77. The van der Waals surface area contributed by atoms with Gasteiger partial charge in [-0.05, 0) is 38.0 Å². The lowest BCUT2D eigenvalue weighted by Gasteiger charge is -2.24. The molecular weight excluding hydrogens is 343 g/mol. The van der Waals surface area contributed by atoms with Crippen molar-refractivity contribution in [2.45, 2.75) is 44.9 Å². The number of halogens is 1. The zero-order chi connectivity index (χ0) is 19.4. The summed E-state index contributed by atoms with van der Waals surface area (Å²) in [7, 11) is 0. The highest BCUT2D eigenvalue weighted by atomic mass is 19.1. The first-order valence-electron chi connectivity index (χ1n) is 9.32. The summed E-state index contributed by atoms with van der Waals surface area (Å²) in [5.41, 5.74) is 1.26. The first kappa shape index (κ1) is 19.4. The number of carbonyl (C=O) groups excluding carboxylic acids is 1. The van der Waals surface area contributed by atoms with Gasteiger partial charge in [-0.2, -0.15) is 0 Å². The summed E-state index contributed by atoms with van der Waals surface area (Å²) in [5.74, 6) is -0.359. The molecule has 3 rings (SSSR count). The molecule has 1 saturated heterocycles. The number of amides is 1. The SMILES string of the molecule is CC(C)(C)OC(=O)NC1CN(Cc2ccccc2)CC1c1ccccc1F. The predicted molar refractivity (Wildman–Crippen MR) is 104 cm³/mol. The van der Waals surface area contributed by atoms with Gasteiger partial charge in [0, 0.05) is 25.6 Å². The van der Waals surface area contributed by atoms with E-state index < -0.39 is 11.7 Å². The number of alkyl carbamates (subject to hydrolysis) is 1. The average molecular weight is 370 g/mol. The molecule has 1 N–H and O–H groups in total. The molecule has 1 heterocycles. The van der Waals surface area contributed by atoms with Gasteiger partial charge in [-0.15, -0.1) is 0 Å². The Morgan fingerprint density at radius 3 is 2.44 bits per heavy atom. The molecule has 1 aliphatic heterocycles. The van der Waals surface area contributed by atoms with E-state index in [2.05, 4.69) is 22.3 Å². The van der Waals surface area contributed by atoms with E-state index in [-0.39, 0.29) is 17.8 Å². The largest absolute Gasteiger partial charge is 0.444 e. The summed E-state index contributed by atoms with van der Waals surface area (Å²) >= 11 is 0. The molecule has 1 amide bonds. The summed E-state index contributed by atoms with van der Waals surface area (Å²) in [6.45, 7) is 7.58. The van der Waals surface area contributed by atoms with Crippen molar-refractivity contribution in [2.75, 3.05) is 13.1 Å². The summed E-state index contributed by atoms with van der Waals surface area (Å²) in [6, 6.07) is 16.7. The molecule has 2 unspecified atom stereocenters. The van der Waals surface area contributed by atoms with Crippen molar-refractivity contribution in [1.82, 2.24) is 10.2 Å². The number of nitrogens with zero attached hydrogens (tertiary/aromatic N) is 1. The second-order valence-electron chi connectivity index (χ2n) is 8.06. The van der Waals surface area contributed by atoms with E-state index in [0.29, 0.717) is 18.7 Å². The Hall–Kier alpha value is -2.40. The van der Waals surface area contributed by atoms with Crippen LogP contribution in [0.25, 0.3) is 0 Å². The van der Waals surface area contributed by atoms with Crippen LogP contribution in [0.2, 0.25) is 0 Å². The fourth-order valence-electron chi connectivity index (χ4n) is 3.55. The standard InChI is InChI=1S/C22H27FN2O2/c1-22(2,3)27-21(26)24-20-15-25(13-16-9-5-4-6-10-16)14-18(20)17-11-7-8-12-19(17)23/h4-12,18,20H,13-15H2,1-3H3,(H,24,26). The maximum atomic E-state index is 14.4. The zero-order valence-electron chi connectivity index (χ0n) is 16.1. The minimum atomic E-state index is -0.570. The molecule has 0 aromatic heterocycles. The molecule has 2 aromatic rings. The molecule has 27 heavy (non-hydrogen) atoms. The molecular formula is C22H27FN2O2. The first-order chi connectivity index (χ1) is 12.8. The molecule has 0 aliphatic carbocycles. The van der Waals surface area contributed by atoms with E-state index in [0.717, 1.165) is 6.54 Å². The summed E-state index contributed by atoms with van der Waals surface area (Å²) in [4.78, 5) is 14.5. The predicted octanol–water partition coefficient (Wildman–Crippen LogP) is 4.32. The average Bonchev–Trinajstić information content (AvgIpc) is 2.96. The number of likely N-dealkylation sites (tertiary alicyclic amines) is 1. The fourth-order valence-corrected chi connectivity index (χ4v) is 3.55. The highest BCUT2D eigenvalue weighted by molar-refractivity contribution is 5.68. The van der Waals surface area contributed by atoms with Gasteiger partial charge in [0.25, 0.3) is 0 Å². The van der Waals surface area contributed by atoms with Gasteiger partial charge in [0.1, 0.15) is 11.4 Å². The second kappa shape index (κ2) is 8.09. The lowest BCUT2D eigenvalue weighted by molar-refractivity contribution is 0.0502. The van der Waals surface area contributed by atoms with Gasteiger partial charge in [0.15, 0.2) is 0 Å². The Morgan fingerprint density at radius 1 is 1.11 bits per heavy atom. The number of carbonyl (C=O) groups is 1. The fraction of sp³-hybridized carbons (Fsp3) is 0.409. The number of nitrogens with one attached hydrogen (secondary N) is 1. The highest BCUT2D eigenvalue weighted by Crippen LogP contribution is 2.30. The lowest BCUT2D eigenvalue weighted by Crippen LogP contribution is -2.42. The van der Waals surface area contributed by atoms with E-state index in [1.54, 1.807) is 12.1 Å². The van der Waals surface area contributed by atoms with Crippen molar-refractivity contribution in [3.8, 4) is 0 Å². The van der Waals surface area contributed by atoms with Crippen LogP contribution in [0.4, 0.5) is 9.18 Å². The summed E-state index contributed by atoms with van der Waals surface area (Å²) < 4.78 is 19.8. The number of hydrogen-bond acceptors (Lipinski definition) is 3. The summed E-state index contributed by atoms with van der Waals surface area (Å²) in [6.07, 6.45) is -0.463. The zero-order valence-corrected chi connectivity index (χ0v) is 16.1. The number of ether oxygens (including phenoxy) is 1. The molecule has 2 atom stereocenters. The third kappa shape index (κ3) is 5.30. The van der Waals surface area contributed by atoms with Crippen LogP contribution in [-0.4, -0.2) is 35.7 Å². The maximum absolute atomic E-state index is 14.4. The van der Waals surface area contributed by atoms with E-state index in [9.17, 15) is 9.18 Å². The van der Waals surface area contributed by atoms with Crippen LogP contribution < -0.4 is 5.32 Å². The van der Waals surface area contributed by atoms with E-state index in [1.165, 1.54) is 11.6 Å². The van der Waals surface area contributed by atoms with E-state index >= 15 is 0 Å². The van der Waals surface area contributed by atoms with Gasteiger partial charge < -0.3 is 10.1 Å². The van der Waals surface area contributed by atoms with Crippen LogP contribution in [0.1, 0.15) is 37.8 Å². The van der Waals surface area contributed by atoms with Crippen LogP contribution in [0.3, 0.4) is 0 Å². The van der Waals surface area contributed by atoms with Gasteiger partial charge in [-0.25, -0.2) is 9.18 Å². The Morgan fingerprint density at radius 2 is 1.78 bits per heavy atom. The lowest BCUT2D eigenvalue weighted by atomic mass is 9.94. The van der Waals surface area contributed by atoms with Gasteiger partial charge in [0.05, 0.1) is 6.04 Å². The maximum Gasteiger partial charge on any atom is 0.407 e. The van der Waals surface area contributed by atoms with Crippen LogP contribution in [0, 0.1) is 5.82 Å². The Bertz CT molecular complexity index is 773. The second-order valence-corrected chi connectivity index (χ2v) is 8.06. The van der Waals surface area contributed by atoms with Crippen molar-refractivity contribution in [3.05, 3.63) is 71.5 Å². The van der Waals surface area contributed by atoms with E-state index in [1.807, 2.05) is 45.0 Å². The molecule has 2 aromatic carbocycles. The minimum Gasteiger partial charge on any atom is -0.444 e. The van der Waals surface area contributed by atoms with Gasteiger partial charge in [-0.1, -0.05) is 48.5 Å². The van der Waals surface area contributed by atoms with Crippen molar-refractivity contribution < 1.29 is 13.9 Å². The highest BCUT2D eigenvalue weighted by Gasteiger charge is 2.36. The third-order valence-corrected chi connectivity index (χ3v) is 4.65. The molecule has 0 saturated carbocycles. The van der Waals surface area contributed by atoms with Gasteiger partial charge in [-0.3, -0.25) is 4.90 Å². The molecule has 0 bridgehead atoms. The molecule has 0 spiro atoms. The van der Waals surface area contributed by atoms with Crippen molar-refractivity contribution >= 4 is 6.09 Å². The normalized spacial score (nSPS) is 20.4. The Kier molecular flexibility index (Phi) is 5.80. The molecule has 4 nitrogen and oxygen atoms in total. The van der Waals surface area contributed by atoms with E-state index in [4.69, 9.17) is 4.74 Å². The monoisotopic (exact) mass is 370 g/mol. The molecule has 0 radical (unpaired) electrons. The first-order valence-corrected chi connectivity index (χ1v) is 9.32. The molecule has 144 valence electrons. The van der Waals surface area contributed by atoms with Crippen LogP contribution in [0.5, 0.6) is 0 Å². The Labute approximate surface area is 160 Å². The third-order valence-electron chi connectivity index (χ3n) is 4.65.